The van der Waals surface area contributed by atoms with Crippen LogP contribution in [-0.2, 0) is 11.3 Å². The van der Waals surface area contributed by atoms with Crippen LogP contribution in [0.3, 0.4) is 0 Å². The monoisotopic (exact) mass is 404 g/mol. The lowest BCUT2D eigenvalue weighted by Crippen LogP contribution is -2.36. The van der Waals surface area contributed by atoms with Crippen molar-refractivity contribution in [1.82, 2.24) is 19.1 Å². The maximum absolute atomic E-state index is 12.3. The molecule has 0 aliphatic heterocycles. The zero-order valence-corrected chi connectivity index (χ0v) is 15.2. The van der Waals surface area contributed by atoms with Crippen LogP contribution in [0, 0.1) is 0 Å². The molecule has 130 valence electrons. The fraction of sp³-hybridized carbons (Fsp3) is 0.235. The number of aromatic nitrogens is 3. The van der Waals surface area contributed by atoms with Crippen molar-refractivity contribution in [3.63, 3.8) is 0 Å². The number of pyridine rings is 1. The molecule has 0 N–H and O–H groups in total. The van der Waals surface area contributed by atoms with Crippen LogP contribution in [0.4, 0.5) is 0 Å². The third-order valence-corrected chi connectivity index (χ3v) is 4.24. The Labute approximate surface area is 152 Å². The van der Waals surface area contributed by atoms with Gasteiger partial charge >= 0.3 is 5.69 Å². The average Bonchev–Trinajstić information content (AvgIpc) is 2.93. The maximum Gasteiger partial charge on any atom is 0.350 e. The molecule has 0 fully saturated rings. The molecule has 3 aromatic rings. The SMILES string of the molecule is CN(CCOc1ccc(Br)cc1)C(=O)Cn1nc2ccccn2c1=O. The first-order chi connectivity index (χ1) is 12.0. The van der Waals surface area contributed by atoms with Crippen LogP contribution in [0.25, 0.3) is 5.65 Å². The molecule has 0 unspecified atom stereocenters. The van der Waals surface area contributed by atoms with Gasteiger partial charge in [-0.2, -0.15) is 0 Å². The minimum atomic E-state index is -0.330. The lowest BCUT2D eigenvalue weighted by molar-refractivity contribution is -0.131. The molecule has 0 spiro atoms. The summed E-state index contributed by atoms with van der Waals surface area (Å²) in [6.45, 7) is 0.677. The van der Waals surface area contributed by atoms with E-state index in [2.05, 4.69) is 21.0 Å². The number of hydrogen-bond donors (Lipinski definition) is 0. The zero-order valence-electron chi connectivity index (χ0n) is 13.6. The smallest absolute Gasteiger partial charge is 0.350 e. The number of likely N-dealkylation sites (N-methyl/N-ethyl adjacent to an activating group) is 1. The number of ether oxygens (including phenoxy) is 1. The first kappa shape index (κ1) is 17.2. The molecular formula is C17H17BrN4O3. The van der Waals surface area contributed by atoms with E-state index in [0.29, 0.717) is 18.8 Å². The van der Waals surface area contributed by atoms with Gasteiger partial charge in [0.1, 0.15) is 18.9 Å². The van der Waals surface area contributed by atoms with Crippen molar-refractivity contribution in [2.45, 2.75) is 6.54 Å². The van der Waals surface area contributed by atoms with E-state index in [-0.39, 0.29) is 18.1 Å². The molecule has 0 atom stereocenters. The Morgan fingerprint density at radius 3 is 2.72 bits per heavy atom. The molecule has 1 aromatic carbocycles. The normalized spacial score (nSPS) is 10.8. The highest BCUT2D eigenvalue weighted by Crippen LogP contribution is 2.15. The van der Waals surface area contributed by atoms with E-state index in [0.717, 1.165) is 10.2 Å². The van der Waals surface area contributed by atoms with Gasteiger partial charge in [0, 0.05) is 17.7 Å². The molecule has 0 aliphatic carbocycles. The van der Waals surface area contributed by atoms with Crippen molar-refractivity contribution < 1.29 is 9.53 Å². The summed E-state index contributed by atoms with van der Waals surface area (Å²) < 4.78 is 9.15. The summed E-state index contributed by atoms with van der Waals surface area (Å²) >= 11 is 3.36. The lowest BCUT2D eigenvalue weighted by atomic mass is 10.3. The van der Waals surface area contributed by atoms with E-state index in [4.69, 9.17) is 4.74 Å². The Morgan fingerprint density at radius 1 is 1.24 bits per heavy atom. The van der Waals surface area contributed by atoms with Crippen LogP contribution in [-0.4, -0.2) is 45.2 Å². The number of benzene rings is 1. The van der Waals surface area contributed by atoms with E-state index in [1.807, 2.05) is 24.3 Å². The molecule has 7 nitrogen and oxygen atoms in total. The molecule has 2 aromatic heterocycles. The van der Waals surface area contributed by atoms with E-state index >= 15 is 0 Å². The van der Waals surface area contributed by atoms with E-state index in [1.54, 1.807) is 31.4 Å². The highest BCUT2D eigenvalue weighted by atomic mass is 79.9. The van der Waals surface area contributed by atoms with E-state index < -0.39 is 0 Å². The zero-order chi connectivity index (χ0) is 17.8. The van der Waals surface area contributed by atoms with E-state index in [9.17, 15) is 9.59 Å². The molecular weight excluding hydrogens is 388 g/mol. The van der Waals surface area contributed by atoms with Crippen molar-refractivity contribution >= 4 is 27.5 Å². The second-order valence-electron chi connectivity index (χ2n) is 5.49. The molecule has 2 heterocycles. The van der Waals surface area contributed by atoms with Gasteiger partial charge in [0.2, 0.25) is 5.91 Å². The third kappa shape index (κ3) is 4.08. The molecule has 0 bridgehead atoms. The van der Waals surface area contributed by atoms with Gasteiger partial charge < -0.3 is 9.64 Å². The topological polar surface area (TPSA) is 68.8 Å². The van der Waals surface area contributed by atoms with Gasteiger partial charge in [0.25, 0.3) is 0 Å². The highest BCUT2D eigenvalue weighted by molar-refractivity contribution is 9.10. The van der Waals surface area contributed by atoms with Gasteiger partial charge in [0.15, 0.2) is 5.65 Å². The fourth-order valence-corrected chi connectivity index (χ4v) is 2.54. The number of fused-ring (bicyclic) bond motifs is 1. The second-order valence-corrected chi connectivity index (χ2v) is 6.40. The summed E-state index contributed by atoms with van der Waals surface area (Å²) in [6.07, 6.45) is 1.63. The summed E-state index contributed by atoms with van der Waals surface area (Å²) in [7, 11) is 1.67. The van der Waals surface area contributed by atoms with Gasteiger partial charge in [-0.15, -0.1) is 5.10 Å². The standard InChI is InChI=1S/C17H17BrN4O3/c1-20(10-11-25-14-7-5-13(18)6-8-14)16(23)12-22-17(24)21-9-3-2-4-15(21)19-22/h2-9H,10-12H2,1H3. The molecule has 3 rings (SSSR count). The Morgan fingerprint density at radius 2 is 2.00 bits per heavy atom. The van der Waals surface area contributed by atoms with Crippen LogP contribution in [0.1, 0.15) is 0 Å². The minimum absolute atomic E-state index is 0.102. The van der Waals surface area contributed by atoms with Crippen LogP contribution >= 0.6 is 15.9 Å². The van der Waals surface area contributed by atoms with Crippen LogP contribution < -0.4 is 10.4 Å². The Hall–Kier alpha value is -2.61. The van der Waals surface area contributed by atoms with Crippen molar-refractivity contribution in [3.8, 4) is 5.75 Å². The average molecular weight is 405 g/mol. The predicted molar refractivity (Wildman–Crippen MR) is 96.7 cm³/mol. The van der Waals surface area contributed by atoms with Crippen LogP contribution in [0.15, 0.2) is 57.9 Å². The minimum Gasteiger partial charge on any atom is -0.492 e. The Kier molecular flexibility index (Phi) is 5.18. The first-order valence-electron chi connectivity index (χ1n) is 7.71. The molecule has 1 amide bonds. The lowest BCUT2D eigenvalue weighted by Gasteiger charge is -2.17. The van der Waals surface area contributed by atoms with Gasteiger partial charge in [-0.3, -0.25) is 9.20 Å². The summed E-state index contributed by atoms with van der Waals surface area (Å²) in [5, 5.41) is 4.15. The largest absolute Gasteiger partial charge is 0.492 e. The van der Waals surface area contributed by atoms with Gasteiger partial charge in [-0.05, 0) is 36.4 Å². The summed E-state index contributed by atoms with van der Waals surface area (Å²) in [4.78, 5) is 26.0. The second kappa shape index (κ2) is 7.52. The molecule has 0 radical (unpaired) electrons. The molecule has 0 aliphatic rings. The van der Waals surface area contributed by atoms with Crippen molar-refractivity contribution in [3.05, 3.63) is 63.6 Å². The van der Waals surface area contributed by atoms with Gasteiger partial charge in [0.05, 0.1) is 6.54 Å². The summed E-state index contributed by atoms with van der Waals surface area (Å²) in [5.74, 6) is 0.533. The molecule has 0 saturated carbocycles. The Balaban J connectivity index is 1.56. The fourth-order valence-electron chi connectivity index (χ4n) is 2.28. The number of halogens is 1. The first-order valence-corrected chi connectivity index (χ1v) is 8.50. The number of carbonyl (C=O) groups excluding carboxylic acids is 1. The van der Waals surface area contributed by atoms with Crippen LogP contribution in [0.2, 0.25) is 0 Å². The number of nitrogens with zero attached hydrogens (tertiary/aromatic N) is 4. The van der Waals surface area contributed by atoms with Gasteiger partial charge in [-0.25, -0.2) is 9.48 Å². The number of hydrogen-bond acceptors (Lipinski definition) is 4. The molecule has 0 saturated heterocycles. The third-order valence-electron chi connectivity index (χ3n) is 3.71. The number of rotatable bonds is 6. The maximum atomic E-state index is 12.3. The summed E-state index contributed by atoms with van der Waals surface area (Å²) in [5.41, 5.74) is 0.185. The number of amides is 1. The van der Waals surface area contributed by atoms with Crippen molar-refractivity contribution in [2.24, 2.45) is 0 Å². The van der Waals surface area contributed by atoms with Crippen molar-refractivity contribution in [1.29, 1.82) is 0 Å². The summed E-state index contributed by atoms with van der Waals surface area (Å²) in [6, 6.07) is 12.7. The highest BCUT2D eigenvalue weighted by Gasteiger charge is 2.14. The number of carbonyl (C=O) groups is 1. The van der Waals surface area contributed by atoms with E-state index in [1.165, 1.54) is 14.0 Å². The van der Waals surface area contributed by atoms with Crippen LogP contribution in [0.5, 0.6) is 5.75 Å². The van der Waals surface area contributed by atoms with Gasteiger partial charge in [-0.1, -0.05) is 22.0 Å². The molecule has 25 heavy (non-hydrogen) atoms. The predicted octanol–water partition coefficient (Wildman–Crippen LogP) is 1.80. The quantitative estimate of drug-likeness (QED) is 0.627. The molecule has 8 heteroatoms. The van der Waals surface area contributed by atoms with Crippen molar-refractivity contribution in [2.75, 3.05) is 20.2 Å². The Bertz CT molecular complexity index is 933.